The Hall–Kier alpha value is -4.10. The highest BCUT2D eigenvalue weighted by atomic mass is 16.5. The second-order valence-electron chi connectivity index (χ2n) is 8.85. The molecule has 3 aromatic carbocycles. The van der Waals surface area contributed by atoms with E-state index in [9.17, 15) is 4.79 Å². The highest BCUT2D eigenvalue weighted by Crippen LogP contribution is 2.34. The molecular formula is C29H30N4O3. The zero-order valence-electron chi connectivity index (χ0n) is 20.3. The molecule has 1 amide bonds. The highest BCUT2D eigenvalue weighted by molar-refractivity contribution is 5.94. The number of aromatic nitrogens is 2. The van der Waals surface area contributed by atoms with Crippen molar-refractivity contribution in [2.45, 2.75) is 19.2 Å². The van der Waals surface area contributed by atoms with Gasteiger partial charge in [-0.25, -0.2) is 0 Å². The Morgan fingerprint density at radius 1 is 1.08 bits per heavy atom. The van der Waals surface area contributed by atoms with Crippen molar-refractivity contribution in [2.24, 2.45) is 0 Å². The second kappa shape index (κ2) is 11.1. The van der Waals surface area contributed by atoms with Gasteiger partial charge < -0.3 is 14.8 Å². The average molecular weight is 483 g/mol. The number of amides is 1. The third-order valence-corrected chi connectivity index (χ3v) is 6.35. The quantitative estimate of drug-likeness (QED) is 0.406. The molecule has 4 aromatic rings. The second-order valence-corrected chi connectivity index (χ2v) is 8.85. The van der Waals surface area contributed by atoms with Gasteiger partial charge in [0, 0.05) is 55.3 Å². The van der Waals surface area contributed by atoms with Crippen molar-refractivity contribution in [3.05, 3.63) is 114 Å². The van der Waals surface area contributed by atoms with Gasteiger partial charge in [-0.15, -0.1) is 0 Å². The Morgan fingerprint density at radius 2 is 1.94 bits per heavy atom. The lowest BCUT2D eigenvalue weighted by atomic mass is 10.1. The molecule has 1 atom stereocenters. The molecule has 1 aliphatic heterocycles. The Morgan fingerprint density at radius 3 is 2.81 bits per heavy atom. The number of ether oxygens (including phenoxy) is 2. The van der Waals surface area contributed by atoms with Gasteiger partial charge in [0.2, 0.25) is 0 Å². The Labute approximate surface area is 211 Å². The molecule has 0 fully saturated rings. The summed E-state index contributed by atoms with van der Waals surface area (Å²) < 4.78 is 13.9. The van der Waals surface area contributed by atoms with E-state index in [1.54, 1.807) is 13.3 Å². The summed E-state index contributed by atoms with van der Waals surface area (Å²) in [5.41, 5.74) is 3.83. The lowest BCUT2D eigenvalue weighted by molar-refractivity contribution is 0.0942. The van der Waals surface area contributed by atoms with Gasteiger partial charge in [-0.1, -0.05) is 48.5 Å². The van der Waals surface area contributed by atoms with E-state index in [2.05, 4.69) is 21.4 Å². The number of hydrogen-bond donors (Lipinski definition) is 1. The minimum absolute atomic E-state index is 0.0786. The van der Waals surface area contributed by atoms with Crippen molar-refractivity contribution in [2.75, 3.05) is 26.7 Å². The van der Waals surface area contributed by atoms with Crippen LogP contribution in [0.25, 0.3) is 0 Å². The van der Waals surface area contributed by atoms with Gasteiger partial charge in [0.25, 0.3) is 5.91 Å². The van der Waals surface area contributed by atoms with Crippen LogP contribution < -0.4 is 14.8 Å². The van der Waals surface area contributed by atoms with E-state index in [0.717, 1.165) is 34.7 Å². The molecule has 1 N–H and O–H groups in total. The van der Waals surface area contributed by atoms with Gasteiger partial charge in [-0.05, 0) is 35.9 Å². The molecule has 1 aromatic heterocycles. The molecule has 2 heterocycles. The molecule has 36 heavy (non-hydrogen) atoms. The first-order valence-electron chi connectivity index (χ1n) is 12.1. The molecule has 5 rings (SSSR count). The van der Waals surface area contributed by atoms with Gasteiger partial charge in [0.1, 0.15) is 17.6 Å². The van der Waals surface area contributed by atoms with Crippen molar-refractivity contribution in [1.82, 2.24) is 20.0 Å². The molecule has 0 aliphatic carbocycles. The van der Waals surface area contributed by atoms with Gasteiger partial charge in [0.05, 0.1) is 13.7 Å². The number of benzene rings is 3. The normalized spacial score (nSPS) is 15.4. The number of carbonyl (C=O) groups is 1. The fourth-order valence-corrected chi connectivity index (χ4v) is 4.57. The predicted molar refractivity (Wildman–Crippen MR) is 138 cm³/mol. The van der Waals surface area contributed by atoms with Gasteiger partial charge >= 0.3 is 0 Å². The van der Waals surface area contributed by atoms with Crippen molar-refractivity contribution in [1.29, 1.82) is 0 Å². The summed E-state index contributed by atoms with van der Waals surface area (Å²) in [5.74, 6) is 1.61. The van der Waals surface area contributed by atoms with E-state index in [4.69, 9.17) is 9.47 Å². The molecule has 0 radical (unpaired) electrons. The molecule has 184 valence electrons. The van der Waals surface area contributed by atoms with E-state index in [1.807, 2.05) is 83.7 Å². The molecular weight excluding hydrogens is 452 g/mol. The van der Waals surface area contributed by atoms with Crippen LogP contribution in [-0.2, 0) is 13.1 Å². The Balaban J connectivity index is 1.25. The molecule has 0 bridgehead atoms. The summed E-state index contributed by atoms with van der Waals surface area (Å²) in [6.07, 6.45) is 3.48. The zero-order valence-corrected chi connectivity index (χ0v) is 20.3. The maximum atomic E-state index is 12.9. The predicted octanol–water partition coefficient (Wildman–Crippen LogP) is 4.31. The standard InChI is InChI=1S/C29H30N4O3/c1-35-27-13-5-3-11-25(27)28-21-32(20-24-9-2-4-12-26(24)36-28)17-15-30-29(34)23-10-6-8-22(18-23)19-33-16-7-14-31-33/h2-14,16,18,28H,15,17,19-21H2,1H3,(H,30,34). The van der Waals surface area contributed by atoms with E-state index < -0.39 is 0 Å². The van der Waals surface area contributed by atoms with Crippen molar-refractivity contribution >= 4 is 5.91 Å². The number of fused-ring (bicyclic) bond motifs is 1. The number of para-hydroxylation sites is 2. The number of nitrogens with one attached hydrogen (secondary N) is 1. The first kappa shape index (κ1) is 23.6. The largest absolute Gasteiger partial charge is 0.496 e. The van der Waals surface area contributed by atoms with E-state index in [-0.39, 0.29) is 12.0 Å². The SMILES string of the molecule is COc1ccccc1C1CN(CCNC(=O)c2cccc(Cn3cccn3)c2)Cc2ccccc2O1. The van der Waals surface area contributed by atoms with Crippen molar-refractivity contribution in [3.63, 3.8) is 0 Å². The Kier molecular flexibility index (Phi) is 7.28. The number of hydrogen-bond acceptors (Lipinski definition) is 5. The summed E-state index contributed by atoms with van der Waals surface area (Å²) in [4.78, 5) is 15.2. The highest BCUT2D eigenvalue weighted by Gasteiger charge is 2.26. The molecule has 7 nitrogen and oxygen atoms in total. The van der Waals surface area contributed by atoms with Gasteiger partial charge in [0.15, 0.2) is 0 Å². The van der Waals surface area contributed by atoms with Gasteiger partial charge in [-0.2, -0.15) is 5.10 Å². The molecule has 0 saturated carbocycles. The summed E-state index contributed by atoms with van der Waals surface area (Å²) in [6, 6.07) is 25.7. The van der Waals surface area contributed by atoms with Crippen LogP contribution in [0.5, 0.6) is 11.5 Å². The zero-order chi connectivity index (χ0) is 24.7. The summed E-state index contributed by atoms with van der Waals surface area (Å²) in [5, 5.41) is 7.33. The lowest BCUT2D eigenvalue weighted by Gasteiger charge is -2.25. The Bertz CT molecular complexity index is 1310. The van der Waals surface area contributed by atoms with Crippen LogP contribution in [0.3, 0.4) is 0 Å². The lowest BCUT2D eigenvalue weighted by Crippen LogP contribution is -2.36. The number of carbonyl (C=O) groups excluding carboxylic acids is 1. The molecule has 1 aliphatic rings. The van der Waals surface area contributed by atoms with E-state index >= 15 is 0 Å². The van der Waals surface area contributed by atoms with E-state index in [0.29, 0.717) is 31.7 Å². The van der Waals surface area contributed by atoms with Gasteiger partial charge in [-0.3, -0.25) is 14.4 Å². The molecule has 7 heteroatoms. The minimum Gasteiger partial charge on any atom is -0.496 e. The average Bonchev–Trinajstić information content (AvgIpc) is 3.34. The fraction of sp³-hybridized carbons (Fsp3) is 0.241. The fourth-order valence-electron chi connectivity index (χ4n) is 4.57. The smallest absolute Gasteiger partial charge is 0.251 e. The molecule has 0 spiro atoms. The summed E-state index contributed by atoms with van der Waals surface area (Å²) in [7, 11) is 1.68. The maximum absolute atomic E-state index is 12.9. The maximum Gasteiger partial charge on any atom is 0.251 e. The molecule has 1 unspecified atom stereocenters. The van der Waals surface area contributed by atoms with Crippen LogP contribution in [0, 0.1) is 0 Å². The monoisotopic (exact) mass is 482 g/mol. The number of rotatable bonds is 8. The van der Waals surface area contributed by atoms with Crippen LogP contribution in [0.4, 0.5) is 0 Å². The number of nitrogens with zero attached hydrogens (tertiary/aromatic N) is 3. The number of methoxy groups -OCH3 is 1. The summed E-state index contributed by atoms with van der Waals surface area (Å²) in [6.45, 7) is 3.29. The van der Waals surface area contributed by atoms with Crippen LogP contribution in [-0.4, -0.2) is 47.3 Å². The van der Waals surface area contributed by atoms with Crippen molar-refractivity contribution < 1.29 is 14.3 Å². The van der Waals surface area contributed by atoms with Crippen LogP contribution in [0.1, 0.15) is 33.2 Å². The van der Waals surface area contributed by atoms with Crippen LogP contribution in [0.2, 0.25) is 0 Å². The van der Waals surface area contributed by atoms with E-state index in [1.165, 1.54) is 0 Å². The first-order chi connectivity index (χ1) is 17.7. The third-order valence-electron chi connectivity index (χ3n) is 6.35. The van der Waals surface area contributed by atoms with Crippen molar-refractivity contribution in [3.8, 4) is 11.5 Å². The minimum atomic E-state index is -0.181. The first-order valence-corrected chi connectivity index (χ1v) is 12.1. The van der Waals surface area contributed by atoms with Crippen LogP contribution >= 0.6 is 0 Å². The molecule has 0 saturated heterocycles. The van der Waals surface area contributed by atoms with Crippen LogP contribution in [0.15, 0.2) is 91.3 Å². The topological polar surface area (TPSA) is 68.6 Å². The third kappa shape index (κ3) is 5.58. The summed E-state index contributed by atoms with van der Waals surface area (Å²) >= 11 is 0.